The molecule has 2 unspecified atom stereocenters. The first kappa shape index (κ1) is 14.3. The number of rotatable bonds is 6. The zero-order valence-electron chi connectivity index (χ0n) is 9.62. The van der Waals surface area contributed by atoms with Gasteiger partial charge in [0.2, 0.25) is 0 Å². The molecule has 0 saturated carbocycles. The Hall–Kier alpha value is -1.70. The van der Waals surface area contributed by atoms with Crippen LogP contribution in [-0.2, 0) is 4.79 Å². The summed E-state index contributed by atoms with van der Waals surface area (Å²) in [5.41, 5.74) is 0. The molecule has 0 aromatic rings. The summed E-state index contributed by atoms with van der Waals surface area (Å²) in [6.07, 6.45) is 6.13. The van der Waals surface area contributed by atoms with Gasteiger partial charge in [-0.05, 0) is 5.92 Å². The highest BCUT2D eigenvalue weighted by Crippen LogP contribution is 2.07. The van der Waals surface area contributed by atoms with Gasteiger partial charge in [-0.2, -0.15) is 0 Å². The van der Waals surface area contributed by atoms with Crippen molar-refractivity contribution in [3.05, 3.63) is 0 Å². The number of carboxylic acids is 1. The molecule has 0 radical (unpaired) electrons. The van der Waals surface area contributed by atoms with E-state index in [1.165, 1.54) is 0 Å². The maximum absolute atomic E-state index is 11.3. The van der Waals surface area contributed by atoms with Gasteiger partial charge in [0.15, 0.2) is 0 Å². The smallest absolute Gasteiger partial charge is 0.326 e. The molecule has 0 aromatic carbocycles. The van der Waals surface area contributed by atoms with Gasteiger partial charge < -0.3 is 15.7 Å². The average molecular weight is 226 g/mol. The molecule has 0 heterocycles. The zero-order chi connectivity index (χ0) is 12.6. The van der Waals surface area contributed by atoms with Gasteiger partial charge in [0.05, 0.1) is 0 Å². The molecule has 2 amide bonds. The maximum Gasteiger partial charge on any atom is 0.326 e. The zero-order valence-corrected chi connectivity index (χ0v) is 9.62. The molecule has 3 N–H and O–H groups in total. The average Bonchev–Trinajstić information content (AvgIpc) is 2.25. The predicted molar refractivity (Wildman–Crippen MR) is 60.9 cm³/mol. The van der Waals surface area contributed by atoms with Crippen LogP contribution in [0.3, 0.4) is 0 Å². The number of terminal acetylenes is 1. The molecule has 16 heavy (non-hydrogen) atoms. The summed E-state index contributed by atoms with van der Waals surface area (Å²) in [6.45, 7) is 3.99. The first-order valence-electron chi connectivity index (χ1n) is 5.23. The Bertz CT molecular complexity index is 283. The Morgan fingerprint density at radius 2 is 2.12 bits per heavy atom. The van der Waals surface area contributed by atoms with E-state index in [9.17, 15) is 9.59 Å². The van der Waals surface area contributed by atoms with Crippen LogP contribution in [0.25, 0.3) is 0 Å². The van der Waals surface area contributed by atoms with E-state index in [2.05, 4.69) is 16.6 Å². The van der Waals surface area contributed by atoms with E-state index in [4.69, 9.17) is 11.5 Å². The Kier molecular flexibility index (Phi) is 6.77. The van der Waals surface area contributed by atoms with E-state index in [-0.39, 0.29) is 5.92 Å². The van der Waals surface area contributed by atoms with Gasteiger partial charge in [0.25, 0.3) is 0 Å². The highest BCUT2D eigenvalue weighted by molar-refractivity contribution is 5.82. The van der Waals surface area contributed by atoms with Gasteiger partial charge in [-0.15, -0.1) is 12.3 Å². The minimum Gasteiger partial charge on any atom is -0.480 e. The van der Waals surface area contributed by atoms with Crippen LogP contribution in [0.2, 0.25) is 0 Å². The number of hydrogen-bond donors (Lipinski definition) is 3. The number of urea groups is 1. The van der Waals surface area contributed by atoms with E-state index < -0.39 is 18.0 Å². The van der Waals surface area contributed by atoms with Crippen LogP contribution < -0.4 is 10.6 Å². The molecule has 0 spiro atoms. The van der Waals surface area contributed by atoms with Crippen LogP contribution in [0.15, 0.2) is 0 Å². The van der Waals surface area contributed by atoms with Crippen molar-refractivity contribution in [3.8, 4) is 12.3 Å². The summed E-state index contributed by atoms with van der Waals surface area (Å²) in [7, 11) is 0. The quantitative estimate of drug-likeness (QED) is 0.463. The van der Waals surface area contributed by atoms with Crippen molar-refractivity contribution >= 4 is 12.0 Å². The Morgan fingerprint density at radius 3 is 2.56 bits per heavy atom. The van der Waals surface area contributed by atoms with E-state index in [1.807, 2.05) is 6.92 Å². The van der Waals surface area contributed by atoms with Crippen LogP contribution in [0.5, 0.6) is 0 Å². The summed E-state index contributed by atoms with van der Waals surface area (Å²) in [5.74, 6) is 1.23. The molecular formula is C11H18N2O3. The summed E-state index contributed by atoms with van der Waals surface area (Å²) >= 11 is 0. The van der Waals surface area contributed by atoms with Crippen LogP contribution in [0.1, 0.15) is 26.7 Å². The van der Waals surface area contributed by atoms with Gasteiger partial charge in [0, 0.05) is 13.0 Å². The van der Waals surface area contributed by atoms with Crippen molar-refractivity contribution < 1.29 is 14.7 Å². The van der Waals surface area contributed by atoms with E-state index >= 15 is 0 Å². The molecule has 0 aliphatic rings. The lowest BCUT2D eigenvalue weighted by molar-refractivity contribution is -0.140. The Morgan fingerprint density at radius 1 is 1.50 bits per heavy atom. The summed E-state index contributed by atoms with van der Waals surface area (Å²) in [6, 6.07) is -1.36. The molecule has 90 valence electrons. The lowest BCUT2D eigenvalue weighted by Crippen LogP contribution is -2.49. The van der Waals surface area contributed by atoms with Gasteiger partial charge >= 0.3 is 12.0 Å². The molecule has 0 fully saturated rings. The standard InChI is InChI=1S/C11H18N2O3/c1-4-6-7-12-11(16)13-9(10(14)15)8(3)5-2/h1,8-9H,5-7H2,2-3H3,(H,14,15)(H2,12,13,16). The molecule has 5 heteroatoms. The number of nitrogens with one attached hydrogen (secondary N) is 2. The van der Waals surface area contributed by atoms with Crippen molar-refractivity contribution in [2.75, 3.05) is 6.54 Å². The maximum atomic E-state index is 11.3. The SMILES string of the molecule is C#CCCNC(=O)NC(C(=O)O)C(C)CC. The molecule has 0 rings (SSSR count). The van der Waals surface area contributed by atoms with E-state index in [1.54, 1.807) is 6.92 Å². The summed E-state index contributed by atoms with van der Waals surface area (Å²) in [5, 5.41) is 13.8. The van der Waals surface area contributed by atoms with Crippen LogP contribution >= 0.6 is 0 Å². The number of carboxylic acid groups (broad SMARTS) is 1. The van der Waals surface area contributed by atoms with E-state index in [0.29, 0.717) is 19.4 Å². The fourth-order valence-corrected chi connectivity index (χ4v) is 1.12. The molecule has 0 aliphatic carbocycles. The minimum absolute atomic E-state index is 0.115. The predicted octanol–water partition coefficient (Wildman–Crippen LogP) is 0.808. The topological polar surface area (TPSA) is 78.4 Å². The molecule has 0 saturated heterocycles. The van der Waals surface area contributed by atoms with Gasteiger partial charge in [-0.1, -0.05) is 20.3 Å². The lowest BCUT2D eigenvalue weighted by Gasteiger charge is -2.20. The third-order valence-corrected chi connectivity index (χ3v) is 2.32. The van der Waals surface area contributed by atoms with Crippen molar-refractivity contribution in [3.63, 3.8) is 0 Å². The molecule has 0 bridgehead atoms. The van der Waals surface area contributed by atoms with Crippen LogP contribution in [0, 0.1) is 18.3 Å². The molecule has 2 atom stereocenters. The molecule has 0 aliphatic heterocycles. The first-order valence-corrected chi connectivity index (χ1v) is 5.23. The van der Waals surface area contributed by atoms with Crippen molar-refractivity contribution in [2.45, 2.75) is 32.7 Å². The Balaban J connectivity index is 4.15. The highest BCUT2D eigenvalue weighted by atomic mass is 16.4. The third kappa shape index (κ3) is 5.25. The molecule has 5 nitrogen and oxygen atoms in total. The third-order valence-electron chi connectivity index (χ3n) is 2.32. The Labute approximate surface area is 95.6 Å². The van der Waals surface area contributed by atoms with Crippen LogP contribution in [0.4, 0.5) is 4.79 Å². The molecule has 0 aromatic heterocycles. The second-order valence-electron chi connectivity index (χ2n) is 3.56. The summed E-state index contributed by atoms with van der Waals surface area (Å²) in [4.78, 5) is 22.2. The van der Waals surface area contributed by atoms with Crippen molar-refractivity contribution in [2.24, 2.45) is 5.92 Å². The van der Waals surface area contributed by atoms with Gasteiger partial charge in [-0.3, -0.25) is 0 Å². The number of hydrogen-bond acceptors (Lipinski definition) is 2. The lowest BCUT2D eigenvalue weighted by atomic mass is 9.99. The second-order valence-corrected chi connectivity index (χ2v) is 3.56. The van der Waals surface area contributed by atoms with Gasteiger partial charge in [-0.25, -0.2) is 9.59 Å². The highest BCUT2D eigenvalue weighted by Gasteiger charge is 2.24. The number of amides is 2. The normalized spacial score (nSPS) is 13.3. The van der Waals surface area contributed by atoms with Crippen molar-refractivity contribution in [1.82, 2.24) is 10.6 Å². The number of carbonyl (C=O) groups is 2. The van der Waals surface area contributed by atoms with Crippen LogP contribution in [-0.4, -0.2) is 29.7 Å². The van der Waals surface area contributed by atoms with E-state index in [0.717, 1.165) is 0 Å². The first-order chi connectivity index (χ1) is 7.52. The fourth-order valence-electron chi connectivity index (χ4n) is 1.12. The second kappa shape index (κ2) is 7.57. The van der Waals surface area contributed by atoms with Crippen molar-refractivity contribution in [1.29, 1.82) is 0 Å². The van der Waals surface area contributed by atoms with Gasteiger partial charge in [0.1, 0.15) is 6.04 Å². The minimum atomic E-state index is -1.03. The largest absolute Gasteiger partial charge is 0.480 e. The number of aliphatic carboxylic acids is 1. The molecular weight excluding hydrogens is 208 g/mol. The number of carbonyl (C=O) groups excluding carboxylic acids is 1. The fraction of sp³-hybridized carbons (Fsp3) is 0.636. The monoisotopic (exact) mass is 226 g/mol. The summed E-state index contributed by atoms with van der Waals surface area (Å²) < 4.78 is 0.